The first-order valence-corrected chi connectivity index (χ1v) is 8.11. The van der Waals surface area contributed by atoms with Crippen LogP contribution < -0.4 is 5.32 Å². The Morgan fingerprint density at radius 1 is 1.33 bits per heavy atom. The summed E-state index contributed by atoms with van der Waals surface area (Å²) in [6.45, 7) is 7.37. The molecule has 0 bridgehead atoms. The molecule has 2 atom stereocenters. The zero-order valence-electron chi connectivity index (χ0n) is 13.2. The maximum absolute atomic E-state index is 10.1. The SMILES string of the molecule is CCCN(CC1CCCCN1)C(C)c1cc(O)ccc1O. The Morgan fingerprint density at radius 3 is 2.81 bits per heavy atom. The van der Waals surface area contributed by atoms with Crippen LogP contribution in [0.15, 0.2) is 18.2 Å². The van der Waals surface area contributed by atoms with Crippen molar-refractivity contribution in [3.05, 3.63) is 23.8 Å². The number of benzene rings is 1. The number of phenolic OH excluding ortho intramolecular Hbond substituents is 2. The molecule has 0 saturated carbocycles. The highest BCUT2D eigenvalue weighted by Gasteiger charge is 2.22. The fourth-order valence-electron chi connectivity index (χ4n) is 3.17. The molecule has 1 saturated heterocycles. The first-order valence-electron chi connectivity index (χ1n) is 8.11. The van der Waals surface area contributed by atoms with Crippen molar-refractivity contribution >= 4 is 0 Å². The van der Waals surface area contributed by atoms with Crippen molar-refractivity contribution in [3.8, 4) is 11.5 Å². The van der Waals surface area contributed by atoms with Crippen LogP contribution in [0.5, 0.6) is 11.5 Å². The third-order valence-electron chi connectivity index (χ3n) is 4.39. The predicted molar refractivity (Wildman–Crippen MR) is 85.7 cm³/mol. The summed E-state index contributed by atoms with van der Waals surface area (Å²) in [7, 11) is 0. The lowest BCUT2D eigenvalue weighted by Gasteiger charge is -2.34. The molecule has 2 unspecified atom stereocenters. The first-order chi connectivity index (χ1) is 10.1. The lowest BCUT2D eigenvalue weighted by atomic mass is 10.0. The Bertz CT molecular complexity index is 444. The molecule has 2 rings (SSSR count). The third kappa shape index (κ3) is 4.35. The molecule has 0 aliphatic carbocycles. The van der Waals surface area contributed by atoms with Gasteiger partial charge in [-0.3, -0.25) is 4.90 Å². The van der Waals surface area contributed by atoms with E-state index in [1.54, 1.807) is 12.1 Å². The van der Waals surface area contributed by atoms with Crippen LogP contribution in [0.1, 0.15) is 51.1 Å². The molecule has 1 aliphatic heterocycles. The third-order valence-corrected chi connectivity index (χ3v) is 4.39. The second-order valence-corrected chi connectivity index (χ2v) is 6.06. The lowest BCUT2D eigenvalue weighted by molar-refractivity contribution is 0.173. The molecule has 1 aromatic carbocycles. The van der Waals surface area contributed by atoms with Gasteiger partial charge in [-0.15, -0.1) is 0 Å². The fraction of sp³-hybridized carbons (Fsp3) is 0.647. The summed E-state index contributed by atoms with van der Waals surface area (Å²) >= 11 is 0. The molecule has 0 amide bonds. The summed E-state index contributed by atoms with van der Waals surface area (Å²) in [5.74, 6) is 0.472. The summed E-state index contributed by atoms with van der Waals surface area (Å²) < 4.78 is 0. The average molecular weight is 292 g/mol. The molecule has 3 N–H and O–H groups in total. The quantitative estimate of drug-likeness (QED) is 0.706. The maximum Gasteiger partial charge on any atom is 0.120 e. The second-order valence-electron chi connectivity index (χ2n) is 6.06. The van der Waals surface area contributed by atoms with Gasteiger partial charge in [0.25, 0.3) is 0 Å². The highest BCUT2D eigenvalue weighted by atomic mass is 16.3. The summed E-state index contributed by atoms with van der Waals surface area (Å²) in [6.07, 6.45) is 4.87. The minimum Gasteiger partial charge on any atom is -0.508 e. The highest BCUT2D eigenvalue weighted by Crippen LogP contribution is 2.31. The molecule has 0 aromatic heterocycles. The van der Waals surface area contributed by atoms with Crippen LogP contribution in [-0.2, 0) is 0 Å². The molecule has 4 nitrogen and oxygen atoms in total. The van der Waals surface area contributed by atoms with Crippen LogP contribution in [0, 0.1) is 0 Å². The number of nitrogens with zero attached hydrogens (tertiary/aromatic N) is 1. The van der Waals surface area contributed by atoms with Gasteiger partial charge in [-0.1, -0.05) is 13.3 Å². The highest BCUT2D eigenvalue weighted by molar-refractivity contribution is 5.40. The summed E-state index contributed by atoms with van der Waals surface area (Å²) in [5, 5.41) is 23.3. The molecule has 4 heteroatoms. The van der Waals surface area contributed by atoms with E-state index in [0.29, 0.717) is 6.04 Å². The lowest BCUT2D eigenvalue weighted by Crippen LogP contribution is -2.44. The Morgan fingerprint density at radius 2 is 2.14 bits per heavy atom. The van der Waals surface area contributed by atoms with E-state index in [0.717, 1.165) is 31.6 Å². The normalized spacial score (nSPS) is 20.6. The fourth-order valence-corrected chi connectivity index (χ4v) is 3.17. The van der Waals surface area contributed by atoms with Gasteiger partial charge in [0.2, 0.25) is 0 Å². The van der Waals surface area contributed by atoms with Crippen molar-refractivity contribution in [2.45, 2.75) is 51.6 Å². The van der Waals surface area contributed by atoms with Crippen LogP contribution in [0.4, 0.5) is 0 Å². The molecule has 1 aliphatic rings. The van der Waals surface area contributed by atoms with Crippen molar-refractivity contribution in [1.29, 1.82) is 0 Å². The van der Waals surface area contributed by atoms with E-state index in [-0.39, 0.29) is 17.5 Å². The van der Waals surface area contributed by atoms with Gasteiger partial charge in [0.1, 0.15) is 11.5 Å². The van der Waals surface area contributed by atoms with Crippen molar-refractivity contribution in [2.24, 2.45) is 0 Å². The smallest absolute Gasteiger partial charge is 0.120 e. The standard InChI is InChI=1S/C17H28N2O2/c1-3-10-19(12-14-6-4-5-9-18-14)13(2)16-11-15(20)7-8-17(16)21/h7-8,11,13-14,18,20-21H,3-6,9-10,12H2,1-2H3. The van der Waals surface area contributed by atoms with E-state index < -0.39 is 0 Å². The average Bonchev–Trinajstić information content (AvgIpc) is 2.49. The van der Waals surface area contributed by atoms with Gasteiger partial charge in [0, 0.05) is 24.2 Å². The number of piperidine rings is 1. The Labute approximate surface area is 127 Å². The minimum atomic E-state index is 0.0979. The number of rotatable bonds is 6. The van der Waals surface area contributed by atoms with Gasteiger partial charge in [-0.2, -0.15) is 0 Å². The molecule has 1 aromatic rings. The van der Waals surface area contributed by atoms with Gasteiger partial charge in [-0.05, 0) is 57.5 Å². The second kappa shape index (κ2) is 7.66. The number of hydrogen-bond donors (Lipinski definition) is 3. The van der Waals surface area contributed by atoms with Crippen LogP contribution in [0.2, 0.25) is 0 Å². The van der Waals surface area contributed by atoms with Crippen molar-refractivity contribution in [2.75, 3.05) is 19.6 Å². The molecule has 0 spiro atoms. The number of phenols is 2. The van der Waals surface area contributed by atoms with Crippen molar-refractivity contribution in [3.63, 3.8) is 0 Å². The van der Waals surface area contributed by atoms with Gasteiger partial charge < -0.3 is 15.5 Å². The minimum absolute atomic E-state index is 0.0979. The number of aromatic hydroxyl groups is 2. The van der Waals surface area contributed by atoms with Crippen molar-refractivity contribution in [1.82, 2.24) is 10.2 Å². The van der Waals surface area contributed by atoms with E-state index in [2.05, 4.69) is 24.1 Å². The number of nitrogens with one attached hydrogen (secondary N) is 1. The first kappa shape index (κ1) is 16.1. The largest absolute Gasteiger partial charge is 0.508 e. The summed E-state index contributed by atoms with van der Waals surface area (Å²) in [4.78, 5) is 2.40. The van der Waals surface area contributed by atoms with Crippen LogP contribution >= 0.6 is 0 Å². The predicted octanol–water partition coefficient (Wildman–Crippen LogP) is 3.01. The topological polar surface area (TPSA) is 55.7 Å². The summed E-state index contributed by atoms with van der Waals surface area (Å²) in [5.41, 5.74) is 0.805. The van der Waals surface area contributed by atoms with Crippen LogP contribution in [0.3, 0.4) is 0 Å². The zero-order valence-corrected chi connectivity index (χ0v) is 13.2. The van der Waals surface area contributed by atoms with Crippen LogP contribution in [0.25, 0.3) is 0 Å². The zero-order chi connectivity index (χ0) is 15.2. The molecule has 1 fully saturated rings. The summed E-state index contributed by atoms with van der Waals surface area (Å²) in [6, 6.07) is 5.41. The van der Waals surface area contributed by atoms with Crippen LogP contribution in [-0.4, -0.2) is 40.8 Å². The molecule has 0 radical (unpaired) electrons. The molecule has 21 heavy (non-hydrogen) atoms. The Hall–Kier alpha value is -1.26. The molecular formula is C17H28N2O2. The van der Waals surface area contributed by atoms with Gasteiger partial charge >= 0.3 is 0 Å². The monoisotopic (exact) mass is 292 g/mol. The van der Waals surface area contributed by atoms with E-state index >= 15 is 0 Å². The van der Waals surface area contributed by atoms with E-state index in [1.807, 2.05) is 0 Å². The van der Waals surface area contributed by atoms with Gasteiger partial charge in [-0.25, -0.2) is 0 Å². The Kier molecular flexibility index (Phi) is 5.88. The van der Waals surface area contributed by atoms with Gasteiger partial charge in [0.05, 0.1) is 0 Å². The van der Waals surface area contributed by atoms with Crippen molar-refractivity contribution < 1.29 is 10.2 Å². The maximum atomic E-state index is 10.1. The number of hydrogen-bond acceptors (Lipinski definition) is 4. The van der Waals surface area contributed by atoms with E-state index in [4.69, 9.17) is 0 Å². The van der Waals surface area contributed by atoms with E-state index in [9.17, 15) is 10.2 Å². The van der Waals surface area contributed by atoms with E-state index in [1.165, 1.54) is 25.3 Å². The molecule has 118 valence electrons. The molecular weight excluding hydrogens is 264 g/mol. The Balaban J connectivity index is 2.10. The van der Waals surface area contributed by atoms with Gasteiger partial charge in [0.15, 0.2) is 0 Å². The molecule has 1 heterocycles.